The second-order valence-electron chi connectivity index (χ2n) is 9.51. The Morgan fingerprint density at radius 3 is 2.07 bits per heavy atom. The average molecular weight is 673 g/mol. The van der Waals surface area contributed by atoms with Gasteiger partial charge >= 0.3 is 0 Å². The van der Waals surface area contributed by atoms with Crippen molar-refractivity contribution >= 4 is 6.72 Å². The monoisotopic (exact) mass is 672 g/mol. The van der Waals surface area contributed by atoms with Crippen LogP contribution in [0.2, 0.25) is 0 Å². The van der Waals surface area contributed by atoms with E-state index < -0.39 is 41.6 Å². The summed E-state index contributed by atoms with van der Waals surface area (Å²) >= 11 is 0. The zero-order valence-electron chi connectivity index (χ0n) is 28.1. The maximum Gasteiger partial charge on any atom is 0.207 e. The van der Waals surface area contributed by atoms with Crippen molar-refractivity contribution in [2.45, 2.75) is 92.1 Å². The van der Waals surface area contributed by atoms with E-state index in [4.69, 9.17) is 36.6 Å². The van der Waals surface area contributed by atoms with Crippen LogP contribution < -0.4 is 21.5 Å². The highest BCUT2D eigenvalue weighted by Crippen LogP contribution is 2.28. The molecule has 1 fully saturated rings. The predicted molar refractivity (Wildman–Crippen MR) is 173 cm³/mol. The van der Waals surface area contributed by atoms with Gasteiger partial charge in [-0.2, -0.15) is 8.78 Å². The van der Waals surface area contributed by atoms with Gasteiger partial charge in [-0.15, -0.1) is 0 Å². The van der Waals surface area contributed by atoms with E-state index in [1.165, 1.54) is 31.0 Å². The van der Waals surface area contributed by atoms with Crippen molar-refractivity contribution in [2.24, 2.45) is 17.4 Å². The van der Waals surface area contributed by atoms with E-state index in [-0.39, 0.29) is 6.61 Å². The molecule has 2 unspecified atom stereocenters. The van der Waals surface area contributed by atoms with Gasteiger partial charge in [0, 0.05) is 38.3 Å². The first-order valence-corrected chi connectivity index (χ1v) is 15.6. The number of aliphatic hydroxyl groups excluding tert-OH is 2. The van der Waals surface area contributed by atoms with Crippen LogP contribution in [-0.4, -0.2) is 62.8 Å². The van der Waals surface area contributed by atoms with Crippen LogP contribution in [0.15, 0.2) is 23.7 Å². The van der Waals surface area contributed by atoms with Crippen molar-refractivity contribution < 1.29 is 46.4 Å². The number of benzene rings is 1. The largest absolute Gasteiger partial charge is 0.461 e. The quantitative estimate of drug-likeness (QED) is 0.0312. The fraction of sp³-hybridized carbons (Fsp3) is 0.656. The molecule has 1 heterocycles. The first-order valence-electron chi connectivity index (χ1n) is 15.6. The van der Waals surface area contributed by atoms with Crippen molar-refractivity contribution in [1.82, 2.24) is 5.32 Å². The van der Waals surface area contributed by atoms with Gasteiger partial charge in [-0.25, -0.2) is 13.2 Å². The molecule has 1 aromatic rings. The van der Waals surface area contributed by atoms with E-state index in [1.54, 1.807) is 0 Å². The van der Waals surface area contributed by atoms with E-state index in [0.29, 0.717) is 12.0 Å². The number of nitrogens with two attached hydrogens (primary N) is 2. The Labute approximate surface area is 271 Å². The number of halogens is 5. The second kappa shape index (κ2) is 32.0. The molecule has 1 saturated heterocycles. The fourth-order valence-electron chi connectivity index (χ4n) is 3.65. The van der Waals surface area contributed by atoms with Gasteiger partial charge in [-0.3, -0.25) is 0 Å². The van der Waals surface area contributed by atoms with Gasteiger partial charge in [-0.1, -0.05) is 34.6 Å². The third-order valence-electron chi connectivity index (χ3n) is 6.29. The van der Waals surface area contributed by atoms with Gasteiger partial charge < -0.3 is 46.6 Å². The molecule has 1 aliphatic rings. The maximum atomic E-state index is 12.6. The Bertz CT molecular complexity index is 923. The first kappa shape index (κ1) is 47.5. The van der Waals surface area contributed by atoms with Crippen molar-refractivity contribution in [3.8, 4) is 5.75 Å². The Morgan fingerprint density at radius 2 is 1.61 bits per heavy atom. The Hall–Kier alpha value is -2.94. The average Bonchev–Trinajstić information content (AvgIpc) is 3.10. The number of hydrogen-bond donors (Lipinski definition) is 6. The highest BCUT2D eigenvalue weighted by Gasteiger charge is 2.26. The summed E-state index contributed by atoms with van der Waals surface area (Å²) in [5, 5.41) is 25.8. The standard InChI is InChI=1S/C13H27NO2.C9H18N2O.C7H3F5O2.C2H6.CH3N/c1-4-9-16-10-7-14-11-13(6-8-15)12(3)5-2;10-7-8(11)4-5-9-3-1-2-6-12-9;8-2-3(9)5(11)7(14-1-13)6(12)4(2)10;2*1-2/h11-12,14-15H,4-10H2,1-3H3;7,9H,1-6,10-11H2;13H,1H2;1-2H3;2H,1H2/b13-11-;8-7-;;;. The first-order chi connectivity index (χ1) is 22.1. The van der Waals surface area contributed by atoms with Crippen LogP contribution in [0.1, 0.15) is 86.0 Å². The summed E-state index contributed by atoms with van der Waals surface area (Å²) in [4.78, 5) is 0. The summed E-state index contributed by atoms with van der Waals surface area (Å²) in [6.45, 7) is 15.3. The molecule has 270 valence electrons. The summed E-state index contributed by atoms with van der Waals surface area (Å²) in [5.74, 6) is -11.7. The van der Waals surface area contributed by atoms with Crippen molar-refractivity contribution in [3.05, 3.63) is 52.8 Å². The Kier molecular flexibility index (Phi) is 33.0. The van der Waals surface area contributed by atoms with Crippen LogP contribution >= 0.6 is 0 Å². The number of rotatable bonds is 15. The molecule has 0 radical (unpaired) electrons. The van der Waals surface area contributed by atoms with Crippen LogP contribution in [0.3, 0.4) is 0 Å². The summed E-state index contributed by atoms with van der Waals surface area (Å²) in [6, 6.07) is 0. The molecule has 14 heteroatoms. The smallest absolute Gasteiger partial charge is 0.207 e. The van der Waals surface area contributed by atoms with Gasteiger partial charge in [0.1, 0.15) is 0 Å². The molecule has 9 nitrogen and oxygen atoms in total. The zero-order chi connectivity index (χ0) is 35.9. The van der Waals surface area contributed by atoms with Gasteiger partial charge in [-0.05, 0) is 75.8 Å². The second-order valence-corrected chi connectivity index (χ2v) is 9.51. The summed E-state index contributed by atoms with van der Waals surface area (Å²) in [7, 11) is 0. The van der Waals surface area contributed by atoms with Crippen LogP contribution in [-0.2, 0) is 9.47 Å². The van der Waals surface area contributed by atoms with Crippen LogP contribution in [0, 0.1) is 40.4 Å². The molecule has 0 spiro atoms. The molecule has 8 N–H and O–H groups in total. The number of nitrogens with one attached hydrogen (secondary N) is 2. The van der Waals surface area contributed by atoms with Crippen molar-refractivity contribution in [3.63, 3.8) is 0 Å². The normalized spacial score (nSPS) is 14.9. The van der Waals surface area contributed by atoms with Crippen LogP contribution in [0.25, 0.3) is 0 Å². The van der Waals surface area contributed by atoms with E-state index in [2.05, 4.69) is 37.5 Å². The molecule has 1 aromatic carbocycles. The van der Waals surface area contributed by atoms with Crippen molar-refractivity contribution in [1.29, 1.82) is 5.41 Å². The van der Waals surface area contributed by atoms with Crippen LogP contribution in [0.4, 0.5) is 22.0 Å². The summed E-state index contributed by atoms with van der Waals surface area (Å²) < 4.78 is 77.2. The van der Waals surface area contributed by atoms with E-state index in [9.17, 15) is 22.0 Å². The molecule has 46 heavy (non-hydrogen) atoms. The summed E-state index contributed by atoms with van der Waals surface area (Å²) in [5.41, 5.74) is 12.9. The lowest BCUT2D eigenvalue weighted by atomic mass is 9.97. The van der Waals surface area contributed by atoms with E-state index >= 15 is 0 Å². The third-order valence-corrected chi connectivity index (χ3v) is 6.29. The lowest BCUT2D eigenvalue weighted by molar-refractivity contribution is 0.0114. The number of aliphatic hydroxyl groups is 2. The van der Waals surface area contributed by atoms with E-state index in [1.807, 2.05) is 20.0 Å². The van der Waals surface area contributed by atoms with Gasteiger partial charge in [0.25, 0.3) is 0 Å². The highest BCUT2D eigenvalue weighted by atomic mass is 19.2. The molecule has 2 rings (SSSR count). The van der Waals surface area contributed by atoms with Gasteiger partial charge in [0.15, 0.2) is 12.5 Å². The molecule has 0 saturated carbocycles. The van der Waals surface area contributed by atoms with Gasteiger partial charge in [0.2, 0.25) is 29.1 Å². The minimum Gasteiger partial charge on any atom is -0.461 e. The topological polar surface area (TPSA) is 156 Å². The fourth-order valence-corrected chi connectivity index (χ4v) is 3.65. The molecule has 2 atom stereocenters. The maximum absolute atomic E-state index is 12.6. The minimum atomic E-state index is -2.27. The SMILES string of the molecule is C=N.CC.CCCOCCN/C=C(/CCO)C(C)CC.N/C=C(\N)CCC1CCCCO1.OCOc1c(F)c(F)c(F)c(F)c1F. The summed E-state index contributed by atoms with van der Waals surface area (Å²) in [6.07, 6.45) is 12.4. The molecule has 0 aromatic heterocycles. The Morgan fingerprint density at radius 1 is 1.02 bits per heavy atom. The number of ether oxygens (including phenoxy) is 3. The minimum absolute atomic E-state index is 0.226. The molecule has 0 aliphatic carbocycles. The lowest BCUT2D eigenvalue weighted by Crippen LogP contribution is -2.19. The predicted octanol–water partition coefficient (Wildman–Crippen LogP) is 6.41. The highest BCUT2D eigenvalue weighted by molar-refractivity contribution is 5.29. The molecule has 0 amide bonds. The van der Waals surface area contributed by atoms with Gasteiger partial charge in [0.05, 0.1) is 12.7 Å². The number of allylic oxidation sites excluding steroid dienone is 1. The third kappa shape index (κ3) is 21.0. The lowest BCUT2D eigenvalue weighted by Gasteiger charge is -2.22. The molecular formula is C32H57F5N4O5. The molecular weight excluding hydrogens is 615 g/mol. The molecule has 1 aliphatic heterocycles. The van der Waals surface area contributed by atoms with Crippen LogP contribution in [0.5, 0.6) is 5.75 Å². The molecule has 0 bridgehead atoms. The Balaban J connectivity index is -0.000000574. The van der Waals surface area contributed by atoms with E-state index in [0.717, 1.165) is 64.2 Å². The number of hydrogen-bond acceptors (Lipinski definition) is 9. The van der Waals surface area contributed by atoms with Crippen molar-refractivity contribution in [2.75, 3.05) is 39.8 Å². The zero-order valence-corrected chi connectivity index (χ0v) is 28.1.